The average molecular weight is 806 g/mol. The van der Waals surface area contributed by atoms with E-state index in [0.717, 1.165) is 56.3 Å². The third-order valence-electron chi connectivity index (χ3n) is 12.9. The molecule has 0 fully saturated rings. The monoisotopic (exact) mass is 806 g/mol. The topological polar surface area (TPSA) is 55.8 Å². The van der Waals surface area contributed by atoms with E-state index >= 15 is 0 Å². The Morgan fingerprint density at radius 1 is 0.351 bits per heavy atom. The Balaban J connectivity index is 4.34. The highest BCUT2D eigenvalue weighted by molar-refractivity contribution is 5.69. The number of carbonyl (C=O) groups excluding carboxylic acids is 2. The van der Waals surface area contributed by atoms with Crippen LogP contribution >= 0.6 is 0 Å². The number of ether oxygens (including phenoxy) is 2. The van der Waals surface area contributed by atoms with Crippen molar-refractivity contribution in [2.75, 3.05) is 32.8 Å². The summed E-state index contributed by atoms with van der Waals surface area (Å²) in [6.07, 6.45) is 44.2. The summed E-state index contributed by atoms with van der Waals surface area (Å²) >= 11 is 0. The lowest BCUT2D eigenvalue weighted by Crippen LogP contribution is -2.23. The molecule has 5 heteroatoms. The van der Waals surface area contributed by atoms with Gasteiger partial charge in [-0.1, -0.05) is 228 Å². The lowest BCUT2D eigenvalue weighted by Gasteiger charge is -2.19. The Morgan fingerprint density at radius 3 is 0.965 bits per heavy atom. The Hall–Kier alpha value is -1.10. The first kappa shape index (κ1) is 55.9. The van der Waals surface area contributed by atoms with Crippen LogP contribution < -0.4 is 0 Å². The third kappa shape index (κ3) is 38.8. The minimum Gasteiger partial charge on any atom is -0.466 e. The number of hydrogen-bond acceptors (Lipinski definition) is 5. The van der Waals surface area contributed by atoms with Crippen molar-refractivity contribution in [1.82, 2.24) is 4.90 Å². The summed E-state index contributed by atoms with van der Waals surface area (Å²) in [5.74, 6) is 2.34. The number of unbranched alkanes of at least 4 members (excludes halogenated alkanes) is 18. The van der Waals surface area contributed by atoms with Crippen molar-refractivity contribution in [3.8, 4) is 0 Å². The molecule has 0 unspecified atom stereocenters. The van der Waals surface area contributed by atoms with E-state index in [-0.39, 0.29) is 11.9 Å². The van der Waals surface area contributed by atoms with Crippen LogP contribution in [0.5, 0.6) is 0 Å². The maximum absolute atomic E-state index is 12.4. The maximum atomic E-state index is 12.4. The minimum atomic E-state index is 0.0199. The van der Waals surface area contributed by atoms with Crippen LogP contribution in [0.3, 0.4) is 0 Å². The van der Waals surface area contributed by atoms with Crippen molar-refractivity contribution in [3.63, 3.8) is 0 Å². The largest absolute Gasteiger partial charge is 0.466 e. The van der Waals surface area contributed by atoms with E-state index < -0.39 is 0 Å². The Morgan fingerprint density at radius 2 is 0.632 bits per heavy atom. The molecule has 0 aromatic carbocycles. The number of hydrogen-bond donors (Lipinski definition) is 0. The summed E-state index contributed by atoms with van der Waals surface area (Å²) in [4.78, 5) is 27.4. The lowest BCUT2D eigenvalue weighted by molar-refractivity contribution is -0.145. The van der Waals surface area contributed by atoms with Crippen LogP contribution in [0.2, 0.25) is 0 Å². The molecule has 0 radical (unpaired) electrons. The molecule has 0 amide bonds. The van der Waals surface area contributed by atoms with Gasteiger partial charge >= 0.3 is 11.9 Å². The zero-order valence-corrected chi connectivity index (χ0v) is 39.8. The lowest BCUT2D eigenvalue weighted by atomic mass is 9.89. The smallest absolute Gasteiger partial charge is 0.305 e. The average Bonchev–Trinajstić information content (AvgIpc) is 3.21. The van der Waals surface area contributed by atoms with Crippen molar-refractivity contribution in [2.24, 2.45) is 17.8 Å². The molecule has 0 aromatic rings. The number of nitrogens with zero attached hydrogens (tertiary/aromatic N) is 1. The molecule has 0 aliphatic carbocycles. The molecule has 0 rings (SSSR count). The van der Waals surface area contributed by atoms with Crippen molar-refractivity contribution in [3.05, 3.63) is 0 Å². The molecule has 0 atom stereocenters. The SMILES string of the molecule is CCCCCC(CCCCC)CCOC(=O)CCCCCCCC(CCCCCCCC(=O)OCCC(CCCCC)CCCCC)CCCCCN(CC)CC. The molecule has 340 valence electrons. The second-order valence-corrected chi connectivity index (χ2v) is 18.1. The van der Waals surface area contributed by atoms with Gasteiger partial charge in [-0.2, -0.15) is 0 Å². The van der Waals surface area contributed by atoms with Crippen LogP contribution in [0.15, 0.2) is 0 Å². The zero-order valence-electron chi connectivity index (χ0n) is 39.8. The van der Waals surface area contributed by atoms with Gasteiger partial charge in [0.1, 0.15) is 0 Å². The van der Waals surface area contributed by atoms with Gasteiger partial charge in [0.2, 0.25) is 0 Å². The number of carbonyl (C=O) groups is 2. The van der Waals surface area contributed by atoms with E-state index in [1.54, 1.807) is 0 Å². The van der Waals surface area contributed by atoms with E-state index in [9.17, 15) is 9.59 Å². The highest BCUT2D eigenvalue weighted by atomic mass is 16.5. The minimum absolute atomic E-state index is 0.0199. The van der Waals surface area contributed by atoms with Crippen LogP contribution in [0.4, 0.5) is 0 Å². The molecule has 0 saturated heterocycles. The molecule has 0 spiro atoms. The summed E-state index contributed by atoms with van der Waals surface area (Å²) in [5.41, 5.74) is 0. The second-order valence-electron chi connectivity index (χ2n) is 18.1. The molecule has 0 heterocycles. The fourth-order valence-electron chi connectivity index (χ4n) is 8.80. The summed E-state index contributed by atoms with van der Waals surface area (Å²) in [6.45, 7) is 18.5. The summed E-state index contributed by atoms with van der Waals surface area (Å²) in [6, 6.07) is 0. The van der Waals surface area contributed by atoms with Gasteiger partial charge in [0.25, 0.3) is 0 Å². The molecular formula is C52H103NO4. The summed E-state index contributed by atoms with van der Waals surface area (Å²) < 4.78 is 11.4. The zero-order chi connectivity index (χ0) is 41.9. The predicted molar refractivity (Wildman–Crippen MR) is 249 cm³/mol. The predicted octanol–water partition coefficient (Wildman–Crippen LogP) is 16.4. The molecule has 5 nitrogen and oxygen atoms in total. The number of rotatable bonds is 46. The molecule has 0 aromatic heterocycles. The molecule has 0 aliphatic heterocycles. The number of esters is 2. The molecular weight excluding hydrogens is 703 g/mol. The van der Waals surface area contributed by atoms with Gasteiger partial charge in [-0.25, -0.2) is 0 Å². The molecule has 0 saturated carbocycles. The first-order valence-corrected chi connectivity index (χ1v) is 26.0. The van der Waals surface area contributed by atoms with Gasteiger partial charge in [-0.15, -0.1) is 0 Å². The Labute approximate surface area is 358 Å². The maximum Gasteiger partial charge on any atom is 0.305 e. The molecule has 0 aliphatic rings. The van der Waals surface area contributed by atoms with E-state index in [1.165, 1.54) is 199 Å². The van der Waals surface area contributed by atoms with Crippen molar-refractivity contribution >= 4 is 11.9 Å². The molecule has 0 N–H and O–H groups in total. The van der Waals surface area contributed by atoms with Gasteiger partial charge in [-0.05, 0) is 69.5 Å². The second kappa shape index (κ2) is 44.5. The van der Waals surface area contributed by atoms with E-state index in [0.29, 0.717) is 26.1 Å². The molecule has 57 heavy (non-hydrogen) atoms. The molecule has 0 bridgehead atoms. The quantitative estimate of drug-likeness (QED) is 0.0453. The fourth-order valence-corrected chi connectivity index (χ4v) is 8.80. The van der Waals surface area contributed by atoms with Crippen LogP contribution in [0.1, 0.15) is 273 Å². The normalized spacial score (nSPS) is 11.8. The van der Waals surface area contributed by atoms with E-state index in [4.69, 9.17) is 9.47 Å². The summed E-state index contributed by atoms with van der Waals surface area (Å²) in [5, 5.41) is 0. The third-order valence-corrected chi connectivity index (χ3v) is 12.9. The van der Waals surface area contributed by atoms with Crippen LogP contribution in [-0.2, 0) is 19.1 Å². The fraction of sp³-hybridized carbons (Fsp3) is 0.962. The Bertz CT molecular complexity index is 753. The van der Waals surface area contributed by atoms with Gasteiger partial charge in [-0.3, -0.25) is 9.59 Å². The van der Waals surface area contributed by atoms with Crippen LogP contribution in [-0.4, -0.2) is 49.7 Å². The summed E-state index contributed by atoms with van der Waals surface area (Å²) in [7, 11) is 0. The van der Waals surface area contributed by atoms with E-state index in [1.807, 2.05) is 0 Å². The highest BCUT2D eigenvalue weighted by Crippen LogP contribution is 2.26. The Kier molecular flexibility index (Phi) is 43.6. The van der Waals surface area contributed by atoms with Gasteiger partial charge < -0.3 is 14.4 Å². The van der Waals surface area contributed by atoms with Gasteiger partial charge in [0.05, 0.1) is 13.2 Å². The first-order chi connectivity index (χ1) is 27.9. The van der Waals surface area contributed by atoms with E-state index in [2.05, 4.69) is 46.4 Å². The van der Waals surface area contributed by atoms with Crippen molar-refractivity contribution in [2.45, 2.75) is 273 Å². The van der Waals surface area contributed by atoms with Crippen LogP contribution in [0.25, 0.3) is 0 Å². The van der Waals surface area contributed by atoms with Gasteiger partial charge in [0, 0.05) is 12.8 Å². The van der Waals surface area contributed by atoms with Gasteiger partial charge in [0.15, 0.2) is 0 Å². The van der Waals surface area contributed by atoms with Crippen molar-refractivity contribution < 1.29 is 19.1 Å². The highest BCUT2D eigenvalue weighted by Gasteiger charge is 2.13. The van der Waals surface area contributed by atoms with Crippen molar-refractivity contribution in [1.29, 1.82) is 0 Å². The first-order valence-electron chi connectivity index (χ1n) is 26.0. The standard InChI is InChI=1S/C52H103NO4/c1-7-13-24-34-49(35-25-14-8-2)43-46-56-51(54)41-31-21-17-19-28-38-48(40-30-23-33-45-53(11-5)12-6)39-29-20-18-22-32-42-52(55)57-47-44-50(36-26-15-9-3)37-27-16-10-4/h48-50H,7-47H2,1-6H3. The van der Waals surface area contributed by atoms with Crippen LogP contribution in [0, 0.1) is 17.8 Å².